The Morgan fingerprint density at radius 3 is 2.80 bits per heavy atom. The lowest BCUT2D eigenvalue weighted by Gasteiger charge is -2.43. The Balaban J connectivity index is 2.60. The van der Waals surface area contributed by atoms with Crippen LogP contribution in [0.4, 0.5) is 0 Å². The molecule has 1 saturated heterocycles. The molecule has 2 atom stereocenters. The maximum Gasteiger partial charge on any atom is 0.255 e. The van der Waals surface area contributed by atoms with Crippen molar-refractivity contribution >= 4 is 12.1 Å². The first-order chi connectivity index (χ1) is 7.26. The highest BCUT2D eigenvalue weighted by Gasteiger charge is 2.45. The number of β-lactam (4-membered cyclic amide) rings is 1. The van der Waals surface area contributed by atoms with E-state index in [1.807, 2.05) is 0 Å². The minimum absolute atomic E-state index is 0.00699. The fraction of sp³-hybridized carbons (Fsp3) is 0.455. The van der Waals surface area contributed by atoms with Crippen molar-refractivity contribution in [1.82, 2.24) is 4.90 Å². The lowest BCUT2D eigenvalue weighted by Crippen LogP contribution is -2.66. The summed E-state index contributed by atoms with van der Waals surface area (Å²) in [6, 6.07) is -0.0690. The summed E-state index contributed by atoms with van der Waals surface area (Å²) in [6.45, 7) is 8.26. The number of aliphatic imine (C=N–C) groups is 1. The third-order valence-corrected chi connectivity index (χ3v) is 2.27. The summed E-state index contributed by atoms with van der Waals surface area (Å²) in [7, 11) is 1.53. The summed E-state index contributed by atoms with van der Waals surface area (Å²) >= 11 is 0. The minimum Gasteiger partial charge on any atom is -0.369 e. The standard InChI is InChI=1S/C11H16N2O2/c1-4-6-12-8-9-10(15-3)11(14)13(9)7-5-2/h4-5,8-10H,1-2,6-7H2,3H3/t9-,10+/m0/s1. The molecule has 1 fully saturated rings. The second kappa shape index (κ2) is 5.46. The van der Waals surface area contributed by atoms with E-state index < -0.39 is 6.10 Å². The average molecular weight is 208 g/mol. The largest absolute Gasteiger partial charge is 0.369 e. The lowest BCUT2D eigenvalue weighted by atomic mass is 9.99. The molecule has 4 heteroatoms. The molecular formula is C11H16N2O2. The maximum atomic E-state index is 11.5. The average Bonchev–Trinajstić information content (AvgIpc) is 2.25. The number of nitrogens with zero attached hydrogens (tertiary/aromatic N) is 2. The third-order valence-electron chi connectivity index (χ3n) is 2.27. The van der Waals surface area contributed by atoms with Crippen molar-refractivity contribution in [1.29, 1.82) is 0 Å². The van der Waals surface area contributed by atoms with Gasteiger partial charge in [-0.2, -0.15) is 0 Å². The van der Waals surface area contributed by atoms with E-state index in [0.717, 1.165) is 0 Å². The van der Waals surface area contributed by atoms with Gasteiger partial charge in [-0.3, -0.25) is 9.79 Å². The molecule has 0 unspecified atom stereocenters. The zero-order valence-electron chi connectivity index (χ0n) is 8.93. The van der Waals surface area contributed by atoms with E-state index in [4.69, 9.17) is 4.74 Å². The topological polar surface area (TPSA) is 41.9 Å². The highest BCUT2D eigenvalue weighted by molar-refractivity contribution is 5.96. The van der Waals surface area contributed by atoms with E-state index in [0.29, 0.717) is 13.1 Å². The van der Waals surface area contributed by atoms with Crippen molar-refractivity contribution < 1.29 is 9.53 Å². The maximum absolute atomic E-state index is 11.5. The summed E-state index contributed by atoms with van der Waals surface area (Å²) in [5.41, 5.74) is 0. The van der Waals surface area contributed by atoms with Crippen molar-refractivity contribution in [2.24, 2.45) is 4.99 Å². The smallest absolute Gasteiger partial charge is 0.255 e. The molecule has 0 aromatic rings. The molecule has 1 aliphatic heterocycles. The molecule has 0 aromatic heterocycles. The van der Waals surface area contributed by atoms with Crippen LogP contribution in [0.25, 0.3) is 0 Å². The molecule has 0 N–H and O–H groups in total. The SMILES string of the molecule is C=CCN=C[C@H]1[C@@H](OC)C(=O)N1CC=C. The Labute approximate surface area is 89.9 Å². The molecule has 4 nitrogen and oxygen atoms in total. The van der Waals surface area contributed by atoms with Crippen molar-refractivity contribution in [3.63, 3.8) is 0 Å². The van der Waals surface area contributed by atoms with Crippen molar-refractivity contribution in [2.45, 2.75) is 12.1 Å². The number of methoxy groups -OCH3 is 1. The van der Waals surface area contributed by atoms with Crippen LogP contribution in [0.1, 0.15) is 0 Å². The number of hydrogen-bond donors (Lipinski definition) is 0. The molecule has 1 rings (SSSR count). The lowest BCUT2D eigenvalue weighted by molar-refractivity contribution is -0.162. The van der Waals surface area contributed by atoms with Gasteiger partial charge in [0.1, 0.15) is 6.04 Å². The Bertz CT molecular complexity index is 286. The first-order valence-electron chi connectivity index (χ1n) is 4.81. The molecule has 0 bridgehead atoms. The summed E-state index contributed by atoms with van der Waals surface area (Å²) in [4.78, 5) is 17.3. The highest BCUT2D eigenvalue weighted by Crippen LogP contribution is 2.20. The first kappa shape index (κ1) is 11.7. The molecular weight excluding hydrogens is 192 g/mol. The van der Waals surface area contributed by atoms with Crippen LogP contribution in [0.2, 0.25) is 0 Å². The second-order valence-electron chi connectivity index (χ2n) is 3.23. The predicted octanol–water partition coefficient (Wildman–Crippen LogP) is 0.655. The number of hydrogen-bond acceptors (Lipinski definition) is 3. The van der Waals surface area contributed by atoms with Crippen LogP contribution in [0, 0.1) is 0 Å². The molecule has 15 heavy (non-hydrogen) atoms. The van der Waals surface area contributed by atoms with Crippen molar-refractivity contribution in [2.75, 3.05) is 20.2 Å². The molecule has 0 aliphatic carbocycles. The third kappa shape index (κ3) is 2.33. The van der Waals surface area contributed by atoms with Gasteiger partial charge in [-0.05, 0) is 0 Å². The van der Waals surface area contributed by atoms with Gasteiger partial charge < -0.3 is 9.64 Å². The molecule has 0 saturated carbocycles. The second-order valence-corrected chi connectivity index (χ2v) is 3.23. The van der Waals surface area contributed by atoms with Gasteiger partial charge in [0.05, 0.1) is 6.54 Å². The summed E-state index contributed by atoms with van der Waals surface area (Å²) in [6.07, 6.45) is 4.74. The van der Waals surface area contributed by atoms with E-state index in [1.165, 1.54) is 7.11 Å². The van der Waals surface area contributed by atoms with E-state index in [1.54, 1.807) is 23.3 Å². The number of likely N-dealkylation sites (tertiary alicyclic amines) is 1. The van der Waals surface area contributed by atoms with Gasteiger partial charge in [0.25, 0.3) is 5.91 Å². The van der Waals surface area contributed by atoms with E-state index in [9.17, 15) is 4.79 Å². The number of amides is 1. The minimum atomic E-state index is -0.390. The van der Waals surface area contributed by atoms with Crippen LogP contribution >= 0.6 is 0 Å². The normalized spacial score (nSPS) is 25.4. The van der Waals surface area contributed by atoms with Gasteiger partial charge in [-0.1, -0.05) is 12.2 Å². The molecule has 1 heterocycles. The quantitative estimate of drug-likeness (QED) is 0.365. The highest BCUT2D eigenvalue weighted by atomic mass is 16.5. The van der Waals surface area contributed by atoms with Crippen LogP contribution < -0.4 is 0 Å². The zero-order chi connectivity index (χ0) is 11.3. The van der Waals surface area contributed by atoms with E-state index in [-0.39, 0.29) is 11.9 Å². The molecule has 1 aliphatic rings. The number of rotatable bonds is 6. The van der Waals surface area contributed by atoms with Gasteiger partial charge in [-0.25, -0.2) is 0 Å². The summed E-state index contributed by atoms with van der Waals surface area (Å²) in [5, 5.41) is 0. The van der Waals surface area contributed by atoms with Crippen LogP contribution in [0.5, 0.6) is 0 Å². The van der Waals surface area contributed by atoms with Crippen LogP contribution in [-0.2, 0) is 9.53 Å². The zero-order valence-corrected chi connectivity index (χ0v) is 8.93. The van der Waals surface area contributed by atoms with Gasteiger partial charge in [-0.15, -0.1) is 13.2 Å². The number of carbonyl (C=O) groups excluding carboxylic acids is 1. The van der Waals surface area contributed by atoms with E-state index >= 15 is 0 Å². The van der Waals surface area contributed by atoms with E-state index in [2.05, 4.69) is 18.2 Å². The van der Waals surface area contributed by atoms with Crippen LogP contribution in [0.15, 0.2) is 30.3 Å². The fourth-order valence-corrected chi connectivity index (χ4v) is 1.53. The van der Waals surface area contributed by atoms with Crippen LogP contribution in [-0.4, -0.2) is 49.4 Å². The molecule has 0 spiro atoms. The number of ether oxygens (including phenoxy) is 1. The molecule has 82 valence electrons. The predicted molar refractivity (Wildman–Crippen MR) is 60.1 cm³/mol. The van der Waals surface area contributed by atoms with Gasteiger partial charge in [0.15, 0.2) is 6.10 Å². The van der Waals surface area contributed by atoms with Gasteiger partial charge >= 0.3 is 0 Å². The van der Waals surface area contributed by atoms with Crippen LogP contribution in [0.3, 0.4) is 0 Å². The Kier molecular flexibility index (Phi) is 4.24. The monoisotopic (exact) mass is 208 g/mol. The van der Waals surface area contributed by atoms with Gasteiger partial charge in [0.2, 0.25) is 0 Å². The summed E-state index contributed by atoms with van der Waals surface area (Å²) < 4.78 is 5.08. The Morgan fingerprint density at radius 1 is 1.53 bits per heavy atom. The molecule has 1 amide bonds. The fourth-order valence-electron chi connectivity index (χ4n) is 1.53. The van der Waals surface area contributed by atoms with Gasteiger partial charge in [0, 0.05) is 19.9 Å². The number of carbonyl (C=O) groups is 1. The first-order valence-corrected chi connectivity index (χ1v) is 4.81. The molecule has 0 aromatic carbocycles. The van der Waals surface area contributed by atoms with Crippen molar-refractivity contribution in [3.05, 3.63) is 25.3 Å². The van der Waals surface area contributed by atoms with Crippen molar-refractivity contribution in [3.8, 4) is 0 Å². The summed E-state index contributed by atoms with van der Waals surface area (Å²) in [5.74, 6) is -0.00699. The molecule has 0 radical (unpaired) electrons. The Hall–Kier alpha value is -1.42. The Morgan fingerprint density at radius 2 is 2.27 bits per heavy atom.